The Bertz CT molecular complexity index is 1430. The topological polar surface area (TPSA) is 124 Å². The fourth-order valence-corrected chi connectivity index (χ4v) is 6.82. The molecule has 0 fully saturated rings. The number of carbonyl (C=O) groups is 3. The molecule has 0 unspecified atom stereocenters. The number of aryl methyl sites for hydroxylation is 1. The molecule has 0 bridgehead atoms. The van der Waals surface area contributed by atoms with Crippen molar-refractivity contribution in [3.8, 4) is 5.75 Å². The van der Waals surface area contributed by atoms with Gasteiger partial charge in [-0.3, -0.25) is 9.59 Å². The van der Waals surface area contributed by atoms with Gasteiger partial charge in [0.1, 0.15) is 10.8 Å². The second kappa shape index (κ2) is 14.4. The number of hydrogen-bond acceptors (Lipinski definition) is 9. The summed E-state index contributed by atoms with van der Waals surface area (Å²) in [5, 5.41) is 15.3. The summed E-state index contributed by atoms with van der Waals surface area (Å²) in [6.07, 6.45) is 4.89. The Balaban J connectivity index is 1.34. The number of anilines is 1. The van der Waals surface area contributed by atoms with Gasteiger partial charge in [-0.15, -0.1) is 21.5 Å². The summed E-state index contributed by atoms with van der Waals surface area (Å²) in [6.45, 7) is 3.67. The molecule has 3 aromatic rings. The summed E-state index contributed by atoms with van der Waals surface area (Å²) < 4.78 is 12.5. The Morgan fingerprint density at radius 2 is 1.95 bits per heavy atom. The van der Waals surface area contributed by atoms with Crippen molar-refractivity contribution in [1.82, 2.24) is 20.1 Å². The average molecular weight is 641 g/mol. The molecule has 14 heteroatoms. The molecule has 2 aromatic heterocycles. The fourth-order valence-electron chi connectivity index (χ4n) is 4.24. The number of fused-ring (bicyclic) bond motifs is 1. The summed E-state index contributed by atoms with van der Waals surface area (Å²) in [7, 11) is 1.76. The van der Waals surface area contributed by atoms with E-state index in [9.17, 15) is 14.4 Å². The van der Waals surface area contributed by atoms with Crippen LogP contribution >= 0.6 is 46.3 Å². The van der Waals surface area contributed by atoms with Crippen molar-refractivity contribution < 1.29 is 23.9 Å². The Morgan fingerprint density at radius 3 is 2.71 bits per heavy atom. The summed E-state index contributed by atoms with van der Waals surface area (Å²) >= 11 is 14.6. The van der Waals surface area contributed by atoms with Crippen molar-refractivity contribution in [2.45, 2.75) is 62.9 Å². The Hall–Kier alpha value is -2.80. The smallest absolute Gasteiger partial charge is 0.341 e. The van der Waals surface area contributed by atoms with E-state index < -0.39 is 11.2 Å². The highest BCUT2D eigenvalue weighted by Crippen LogP contribution is 2.38. The molecule has 0 saturated heterocycles. The van der Waals surface area contributed by atoms with E-state index in [0.29, 0.717) is 37.3 Å². The van der Waals surface area contributed by atoms with Gasteiger partial charge in [0, 0.05) is 16.9 Å². The number of thiophene rings is 1. The first-order valence-electron chi connectivity index (χ1n) is 13.2. The molecule has 2 N–H and O–H groups in total. The molecule has 41 heavy (non-hydrogen) atoms. The number of hydrogen-bond donors (Lipinski definition) is 2. The van der Waals surface area contributed by atoms with Crippen molar-refractivity contribution in [2.24, 2.45) is 7.05 Å². The zero-order valence-electron chi connectivity index (χ0n) is 22.9. The highest BCUT2D eigenvalue weighted by atomic mass is 35.5. The van der Waals surface area contributed by atoms with Gasteiger partial charge >= 0.3 is 5.97 Å². The zero-order chi connectivity index (χ0) is 29.5. The Labute approximate surface area is 256 Å². The van der Waals surface area contributed by atoms with E-state index in [-0.39, 0.29) is 31.6 Å². The highest BCUT2D eigenvalue weighted by molar-refractivity contribution is 8.00. The van der Waals surface area contributed by atoms with Crippen LogP contribution in [0.25, 0.3) is 0 Å². The minimum Gasteiger partial charge on any atom is -0.482 e. The highest BCUT2D eigenvalue weighted by Gasteiger charge is 2.28. The number of ether oxygens (including phenoxy) is 2. The molecule has 0 spiro atoms. The summed E-state index contributed by atoms with van der Waals surface area (Å²) in [5.41, 5.74) is 1.49. The van der Waals surface area contributed by atoms with E-state index in [2.05, 4.69) is 20.8 Å². The number of halogens is 2. The lowest BCUT2D eigenvalue weighted by Gasteiger charge is -2.13. The molecule has 0 saturated carbocycles. The number of amides is 2. The first kappa shape index (κ1) is 31.1. The van der Waals surface area contributed by atoms with Gasteiger partial charge in [-0.05, 0) is 63.3 Å². The summed E-state index contributed by atoms with van der Waals surface area (Å²) in [6, 6.07) is 4.74. The lowest BCUT2D eigenvalue weighted by Crippen LogP contribution is -2.29. The maximum absolute atomic E-state index is 13.2. The third-order valence-corrected chi connectivity index (χ3v) is 9.28. The van der Waals surface area contributed by atoms with Crippen LogP contribution < -0.4 is 15.4 Å². The number of aromatic nitrogens is 3. The molecule has 10 nitrogen and oxygen atoms in total. The second-order valence-corrected chi connectivity index (χ2v) is 12.6. The van der Waals surface area contributed by atoms with Gasteiger partial charge in [-0.2, -0.15) is 0 Å². The molecule has 1 aliphatic carbocycles. The number of thioether (sulfide) groups is 1. The van der Waals surface area contributed by atoms with E-state index in [4.69, 9.17) is 32.7 Å². The molecular weight excluding hydrogens is 609 g/mol. The van der Waals surface area contributed by atoms with Gasteiger partial charge in [0.2, 0.25) is 5.91 Å². The van der Waals surface area contributed by atoms with Crippen LogP contribution in [-0.2, 0) is 40.8 Å². The SMILES string of the molecule is CCOC(=O)c1c(NC(=O)[C@@H](C)Sc2nnc(CNC(=O)COc3ccc(Cl)cc3Cl)n2C)sc2c1CCCCC2. The number of rotatable bonds is 11. The first-order chi connectivity index (χ1) is 19.7. The van der Waals surface area contributed by atoms with E-state index in [1.165, 1.54) is 29.2 Å². The molecular formula is C27H31Cl2N5O5S2. The second-order valence-electron chi connectivity index (χ2n) is 9.34. The third-order valence-electron chi connectivity index (χ3n) is 6.41. The van der Waals surface area contributed by atoms with Crippen molar-refractivity contribution in [3.05, 3.63) is 50.1 Å². The van der Waals surface area contributed by atoms with Gasteiger partial charge in [0.15, 0.2) is 17.6 Å². The molecule has 0 radical (unpaired) electrons. The fraction of sp³-hybridized carbons (Fsp3) is 0.444. The van der Waals surface area contributed by atoms with Crippen LogP contribution in [0, 0.1) is 0 Å². The number of esters is 1. The monoisotopic (exact) mass is 639 g/mol. The van der Waals surface area contributed by atoms with Crippen LogP contribution in [0.3, 0.4) is 0 Å². The van der Waals surface area contributed by atoms with Crippen LogP contribution in [0.2, 0.25) is 10.0 Å². The lowest BCUT2D eigenvalue weighted by molar-refractivity contribution is -0.123. The van der Waals surface area contributed by atoms with Crippen LogP contribution in [0.4, 0.5) is 5.00 Å². The number of nitrogens with one attached hydrogen (secondary N) is 2. The Morgan fingerprint density at radius 1 is 1.17 bits per heavy atom. The van der Waals surface area contributed by atoms with E-state index in [1.807, 2.05) is 0 Å². The third kappa shape index (κ3) is 7.94. The van der Waals surface area contributed by atoms with Crippen molar-refractivity contribution in [3.63, 3.8) is 0 Å². The van der Waals surface area contributed by atoms with Gasteiger partial charge < -0.3 is 24.7 Å². The molecule has 1 atom stereocenters. The molecule has 2 amide bonds. The first-order valence-corrected chi connectivity index (χ1v) is 15.6. The van der Waals surface area contributed by atoms with Crippen molar-refractivity contribution in [1.29, 1.82) is 0 Å². The maximum Gasteiger partial charge on any atom is 0.341 e. The minimum absolute atomic E-state index is 0.116. The zero-order valence-corrected chi connectivity index (χ0v) is 26.1. The molecule has 4 rings (SSSR count). The summed E-state index contributed by atoms with van der Waals surface area (Å²) in [5.74, 6) is -0.169. The number of nitrogens with zero attached hydrogens (tertiary/aromatic N) is 3. The van der Waals surface area contributed by atoms with E-state index in [1.54, 1.807) is 37.6 Å². The van der Waals surface area contributed by atoms with E-state index in [0.717, 1.165) is 42.5 Å². The molecule has 2 heterocycles. The number of benzene rings is 1. The largest absolute Gasteiger partial charge is 0.482 e. The molecule has 1 aliphatic rings. The van der Waals surface area contributed by atoms with Crippen LogP contribution in [0.1, 0.15) is 59.7 Å². The summed E-state index contributed by atoms with van der Waals surface area (Å²) in [4.78, 5) is 39.4. The Kier molecular flexibility index (Phi) is 10.9. The van der Waals surface area contributed by atoms with Crippen molar-refractivity contribution >= 4 is 69.1 Å². The average Bonchev–Trinajstić information content (AvgIpc) is 3.36. The standard InChI is InChI=1S/C27H31Cl2N5O5S2/c1-4-38-26(37)23-17-8-6-5-7-9-20(17)41-25(23)31-24(36)15(2)40-27-33-32-21(34(27)3)13-30-22(35)14-39-19-11-10-16(28)12-18(19)29/h10-12,15H,4-9,13-14H2,1-3H3,(H,30,35)(H,31,36)/t15-/m1/s1. The van der Waals surface area contributed by atoms with Crippen LogP contribution in [0.5, 0.6) is 5.75 Å². The van der Waals surface area contributed by atoms with Crippen LogP contribution in [0.15, 0.2) is 23.4 Å². The van der Waals surface area contributed by atoms with Crippen molar-refractivity contribution in [2.75, 3.05) is 18.5 Å². The van der Waals surface area contributed by atoms with Gasteiger partial charge in [-0.1, -0.05) is 41.4 Å². The quantitative estimate of drug-likeness (QED) is 0.161. The predicted molar refractivity (Wildman–Crippen MR) is 160 cm³/mol. The molecule has 0 aliphatic heterocycles. The number of carbonyl (C=O) groups excluding carboxylic acids is 3. The van der Waals surface area contributed by atoms with Gasteiger partial charge in [0.25, 0.3) is 5.91 Å². The van der Waals surface area contributed by atoms with Gasteiger partial charge in [-0.25, -0.2) is 4.79 Å². The minimum atomic E-state index is -0.533. The normalized spacial score (nSPS) is 13.6. The lowest BCUT2D eigenvalue weighted by atomic mass is 10.1. The van der Waals surface area contributed by atoms with Crippen LogP contribution in [-0.4, -0.2) is 51.0 Å². The van der Waals surface area contributed by atoms with E-state index >= 15 is 0 Å². The van der Waals surface area contributed by atoms with Gasteiger partial charge in [0.05, 0.1) is 29.0 Å². The predicted octanol–water partition coefficient (Wildman–Crippen LogP) is 5.44. The molecule has 1 aromatic carbocycles. The maximum atomic E-state index is 13.2. The molecule has 220 valence electrons.